The third-order valence-corrected chi connectivity index (χ3v) is 8.11. The first-order valence-electron chi connectivity index (χ1n) is 9.71. The summed E-state index contributed by atoms with van der Waals surface area (Å²) in [6.45, 7) is 0. The average molecular weight is 584 g/mol. The van der Waals surface area contributed by atoms with Gasteiger partial charge in [0.25, 0.3) is 0 Å². The molecule has 0 aliphatic heterocycles. The van der Waals surface area contributed by atoms with Gasteiger partial charge >= 0.3 is 11.9 Å². The minimum atomic E-state index is -1.62. The number of nitrogens with two attached hydrogens (primary N) is 2. The second kappa shape index (κ2) is 7.37. The highest BCUT2D eigenvalue weighted by Crippen LogP contribution is 2.50. The molecule has 34 heavy (non-hydrogen) atoms. The average Bonchev–Trinajstić information content (AvgIpc) is 2.77. The molecule has 0 atom stereocenters. The van der Waals surface area contributed by atoms with Crippen molar-refractivity contribution >= 4 is 98.7 Å². The van der Waals surface area contributed by atoms with Crippen LogP contribution in [0.15, 0.2) is 45.3 Å². The molecule has 0 unspecified atom stereocenters. The van der Waals surface area contributed by atoms with Crippen molar-refractivity contribution in [3.63, 3.8) is 0 Å². The highest BCUT2D eigenvalue weighted by molar-refractivity contribution is 9.13. The molecule has 10 heteroatoms. The van der Waals surface area contributed by atoms with Crippen LogP contribution in [0.1, 0.15) is 41.4 Å². The number of benzene rings is 5. The van der Waals surface area contributed by atoms with Crippen molar-refractivity contribution in [2.24, 2.45) is 11.5 Å². The first-order chi connectivity index (χ1) is 16.1. The van der Waals surface area contributed by atoms with Crippen LogP contribution in [-0.4, -0.2) is 34.0 Å². The zero-order chi connectivity index (χ0) is 24.6. The fourth-order valence-electron chi connectivity index (χ4n) is 4.88. The lowest BCUT2D eigenvalue weighted by Gasteiger charge is -2.23. The molecule has 6 N–H and O–H groups in total. The van der Waals surface area contributed by atoms with Crippen LogP contribution in [0.2, 0.25) is 0 Å². The smallest absolute Gasteiger partial charge is 0.337 e. The van der Waals surface area contributed by atoms with Crippen LogP contribution < -0.4 is 11.5 Å². The predicted octanol–water partition coefficient (Wildman–Crippen LogP) is 4.86. The molecule has 5 aromatic rings. The summed E-state index contributed by atoms with van der Waals surface area (Å²) in [6.07, 6.45) is 0. The van der Waals surface area contributed by atoms with Gasteiger partial charge in [-0.05, 0) is 53.4 Å². The Kier molecular flexibility index (Phi) is 4.78. The van der Waals surface area contributed by atoms with Crippen molar-refractivity contribution in [1.29, 1.82) is 0 Å². The lowest BCUT2D eigenvalue weighted by molar-refractivity contribution is 0.0693. The molecule has 168 valence electrons. The van der Waals surface area contributed by atoms with Gasteiger partial charge in [-0.2, -0.15) is 0 Å². The number of carbonyl (C=O) groups is 4. The number of fused-ring (bicyclic) bond motifs is 2. The van der Waals surface area contributed by atoms with Gasteiger partial charge in [-0.15, -0.1) is 0 Å². The number of aromatic carboxylic acids is 2. The van der Waals surface area contributed by atoms with Gasteiger partial charge in [-0.25, -0.2) is 9.59 Å². The standard InChI is InChI=1S/C24H12Br2N2O6/c25-19-12-9-6-2-4-7-3-1-5-8(10(7)9)11-13(12)14(18(20(19)26)24(33)34)17(23(31)32)16(22(28)30)15(11)21(27)29/h1-6H,(H2,27,29)(H2,28,30)(H,31,32)(H,33,34). The largest absolute Gasteiger partial charge is 0.478 e. The maximum atomic E-state index is 12.7. The maximum Gasteiger partial charge on any atom is 0.337 e. The Balaban J connectivity index is 2.40. The van der Waals surface area contributed by atoms with Crippen molar-refractivity contribution in [2.75, 3.05) is 0 Å². The van der Waals surface area contributed by atoms with Gasteiger partial charge in [0.05, 0.1) is 22.3 Å². The number of carbonyl (C=O) groups excluding carboxylic acids is 2. The number of halogens is 2. The van der Waals surface area contributed by atoms with Crippen molar-refractivity contribution in [3.8, 4) is 0 Å². The van der Waals surface area contributed by atoms with Crippen molar-refractivity contribution in [2.45, 2.75) is 0 Å². The lowest BCUT2D eigenvalue weighted by atomic mass is 9.81. The highest BCUT2D eigenvalue weighted by atomic mass is 79.9. The molecular formula is C24H12Br2N2O6. The van der Waals surface area contributed by atoms with Crippen LogP contribution in [0.25, 0.3) is 43.1 Å². The van der Waals surface area contributed by atoms with E-state index in [-0.39, 0.29) is 26.2 Å². The molecule has 0 aromatic heterocycles. The van der Waals surface area contributed by atoms with E-state index in [0.29, 0.717) is 20.6 Å². The third-order valence-electron chi connectivity index (χ3n) is 6.00. The second-order valence-corrected chi connectivity index (χ2v) is 9.26. The number of hydrogen-bond donors (Lipinski definition) is 4. The van der Waals surface area contributed by atoms with Gasteiger partial charge < -0.3 is 21.7 Å². The molecule has 0 aliphatic rings. The minimum absolute atomic E-state index is 0.0783. The second-order valence-electron chi connectivity index (χ2n) is 7.68. The molecule has 0 bridgehead atoms. The number of primary amides is 2. The zero-order valence-electron chi connectivity index (χ0n) is 16.9. The normalized spacial score (nSPS) is 11.6. The lowest BCUT2D eigenvalue weighted by Crippen LogP contribution is -2.25. The molecular weight excluding hydrogens is 572 g/mol. The highest BCUT2D eigenvalue weighted by Gasteiger charge is 2.34. The summed E-state index contributed by atoms with van der Waals surface area (Å²) in [5, 5.41) is 23.5. The van der Waals surface area contributed by atoms with E-state index in [4.69, 9.17) is 11.5 Å². The van der Waals surface area contributed by atoms with E-state index >= 15 is 0 Å². The van der Waals surface area contributed by atoms with Crippen LogP contribution in [0.3, 0.4) is 0 Å². The number of amides is 2. The van der Waals surface area contributed by atoms with Crippen LogP contribution in [-0.2, 0) is 0 Å². The predicted molar refractivity (Wildman–Crippen MR) is 134 cm³/mol. The van der Waals surface area contributed by atoms with Crippen molar-refractivity contribution in [1.82, 2.24) is 0 Å². The van der Waals surface area contributed by atoms with Crippen molar-refractivity contribution in [3.05, 3.63) is 67.6 Å². The van der Waals surface area contributed by atoms with Crippen LogP contribution in [0, 0.1) is 0 Å². The fourth-order valence-corrected chi connectivity index (χ4v) is 6.05. The molecule has 2 amide bonds. The molecule has 0 heterocycles. The molecule has 0 aliphatic carbocycles. The summed E-state index contributed by atoms with van der Waals surface area (Å²) in [7, 11) is 0. The SMILES string of the molecule is NC(=O)c1c(C(=O)O)c2c(C(=O)O)c(Br)c(Br)c3c4cccc5cccc(c(c1C(N)=O)c23)c54. The van der Waals surface area contributed by atoms with E-state index in [2.05, 4.69) is 31.9 Å². The molecule has 0 spiro atoms. The van der Waals surface area contributed by atoms with E-state index in [1.165, 1.54) is 0 Å². The molecule has 0 fully saturated rings. The monoisotopic (exact) mass is 582 g/mol. The molecule has 0 saturated carbocycles. The van der Waals surface area contributed by atoms with E-state index in [1.54, 1.807) is 12.1 Å². The molecule has 5 rings (SSSR count). The summed E-state index contributed by atoms with van der Waals surface area (Å²) < 4.78 is 0.425. The Morgan fingerprint density at radius 2 is 1.12 bits per heavy atom. The van der Waals surface area contributed by atoms with Crippen molar-refractivity contribution < 1.29 is 29.4 Å². The molecule has 8 nitrogen and oxygen atoms in total. The third kappa shape index (κ3) is 2.69. The van der Waals surface area contributed by atoms with E-state index in [9.17, 15) is 29.4 Å². The minimum Gasteiger partial charge on any atom is -0.478 e. The van der Waals surface area contributed by atoms with Crippen LogP contribution in [0.4, 0.5) is 0 Å². The van der Waals surface area contributed by atoms with Gasteiger partial charge in [0.1, 0.15) is 0 Å². The Labute approximate surface area is 206 Å². The Morgan fingerprint density at radius 3 is 1.62 bits per heavy atom. The van der Waals surface area contributed by atoms with E-state index in [0.717, 1.165) is 10.8 Å². The molecule has 5 aromatic carbocycles. The van der Waals surface area contributed by atoms with E-state index < -0.39 is 40.4 Å². The van der Waals surface area contributed by atoms with Gasteiger partial charge in [0, 0.05) is 30.5 Å². The Bertz CT molecular complexity index is 1790. The van der Waals surface area contributed by atoms with Crippen LogP contribution >= 0.6 is 31.9 Å². The summed E-state index contributed by atoms with van der Waals surface area (Å²) in [6, 6.07) is 10.8. The summed E-state index contributed by atoms with van der Waals surface area (Å²) >= 11 is 6.76. The number of carboxylic acid groups (broad SMARTS) is 2. The van der Waals surface area contributed by atoms with E-state index in [1.807, 2.05) is 24.3 Å². The first-order valence-corrected chi connectivity index (χ1v) is 11.3. The fraction of sp³-hybridized carbons (Fsp3) is 0. The van der Waals surface area contributed by atoms with Gasteiger partial charge in [-0.3, -0.25) is 9.59 Å². The summed E-state index contributed by atoms with van der Waals surface area (Å²) in [5.74, 6) is -5.34. The number of rotatable bonds is 4. The van der Waals surface area contributed by atoms with Crippen LogP contribution in [0.5, 0.6) is 0 Å². The van der Waals surface area contributed by atoms with Gasteiger partial charge in [-0.1, -0.05) is 36.4 Å². The molecule has 0 radical (unpaired) electrons. The summed E-state index contributed by atoms with van der Waals surface area (Å²) in [4.78, 5) is 50.2. The maximum absolute atomic E-state index is 12.7. The Morgan fingerprint density at radius 1 is 0.588 bits per heavy atom. The number of carboxylic acids is 2. The zero-order valence-corrected chi connectivity index (χ0v) is 20.1. The quantitative estimate of drug-likeness (QED) is 0.174. The summed E-state index contributed by atoms with van der Waals surface area (Å²) in [5.41, 5.74) is 9.17. The Hall–Kier alpha value is -3.76. The number of hydrogen-bond acceptors (Lipinski definition) is 4. The first kappa shape index (κ1) is 22.1. The molecule has 0 saturated heterocycles. The topological polar surface area (TPSA) is 161 Å². The van der Waals surface area contributed by atoms with Gasteiger partial charge in [0.15, 0.2) is 0 Å². The van der Waals surface area contributed by atoms with Gasteiger partial charge in [0.2, 0.25) is 11.8 Å².